The molecule has 0 fully saturated rings. The standard InChI is InChI=1S/C16H17F3N2O6/c17-16(18,19)9-4-13(25)21-10-3-7(1-2-8(9)10)20-11(5-22)14(26)15(27)12(24)6-23/h1-5,11-12,14-15,20,23-24,26-27H,6H2,(H,21,25)/t11-,12+,14+,15+/m0/s1. The molecule has 0 saturated carbocycles. The normalized spacial score (nSPS) is 16.6. The van der Waals surface area contributed by atoms with Crippen molar-refractivity contribution in [1.29, 1.82) is 0 Å². The number of hydrogen-bond donors (Lipinski definition) is 6. The van der Waals surface area contributed by atoms with Crippen LogP contribution in [0.1, 0.15) is 5.56 Å². The Morgan fingerprint density at radius 3 is 2.37 bits per heavy atom. The highest BCUT2D eigenvalue weighted by Crippen LogP contribution is 2.34. The van der Waals surface area contributed by atoms with Crippen molar-refractivity contribution in [3.05, 3.63) is 40.2 Å². The number of H-pyrrole nitrogens is 1. The Bertz CT molecular complexity index is 869. The Balaban J connectivity index is 2.36. The molecule has 0 aliphatic heterocycles. The summed E-state index contributed by atoms with van der Waals surface area (Å²) in [6, 6.07) is 2.37. The topological polar surface area (TPSA) is 143 Å². The summed E-state index contributed by atoms with van der Waals surface area (Å²) in [5.74, 6) is 0. The molecule has 2 rings (SSSR count). The first-order valence-corrected chi connectivity index (χ1v) is 7.69. The van der Waals surface area contributed by atoms with Gasteiger partial charge in [-0.2, -0.15) is 13.2 Å². The third-order valence-corrected chi connectivity index (χ3v) is 3.93. The van der Waals surface area contributed by atoms with Crippen molar-refractivity contribution in [3.63, 3.8) is 0 Å². The van der Waals surface area contributed by atoms with Crippen LogP contribution in [0.2, 0.25) is 0 Å². The number of benzene rings is 1. The van der Waals surface area contributed by atoms with Gasteiger partial charge in [0.15, 0.2) is 0 Å². The second kappa shape index (κ2) is 8.05. The van der Waals surface area contributed by atoms with Gasteiger partial charge in [0.1, 0.15) is 30.6 Å². The second-order valence-electron chi connectivity index (χ2n) is 5.84. The first kappa shape index (κ1) is 20.8. The summed E-state index contributed by atoms with van der Waals surface area (Å²) >= 11 is 0. The maximum Gasteiger partial charge on any atom is 0.417 e. The fourth-order valence-corrected chi connectivity index (χ4v) is 2.52. The number of alkyl halides is 3. The number of halogens is 3. The van der Waals surface area contributed by atoms with E-state index < -0.39 is 48.3 Å². The monoisotopic (exact) mass is 390 g/mol. The number of nitrogens with one attached hydrogen (secondary N) is 2. The number of aliphatic hydroxyl groups is 4. The smallest absolute Gasteiger partial charge is 0.394 e. The molecule has 1 aromatic carbocycles. The maximum atomic E-state index is 13.0. The van der Waals surface area contributed by atoms with Crippen molar-refractivity contribution < 1.29 is 38.4 Å². The van der Waals surface area contributed by atoms with Crippen LogP contribution < -0.4 is 10.9 Å². The fourth-order valence-electron chi connectivity index (χ4n) is 2.52. The molecular weight excluding hydrogens is 373 g/mol. The van der Waals surface area contributed by atoms with Crippen LogP contribution in [0.4, 0.5) is 18.9 Å². The van der Waals surface area contributed by atoms with Gasteiger partial charge >= 0.3 is 6.18 Å². The molecule has 11 heteroatoms. The molecule has 1 heterocycles. The van der Waals surface area contributed by atoms with Crippen molar-refractivity contribution >= 4 is 22.9 Å². The van der Waals surface area contributed by atoms with E-state index >= 15 is 0 Å². The predicted molar refractivity (Wildman–Crippen MR) is 88.2 cm³/mol. The molecular formula is C16H17F3N2O6. The summed E-state index contributed by atoms with van der Waals surface area (Å²) in [6.45, 7) is -0.860. The van der Waals surface area contributed by atoms with Crippen LogP contribution in [0.5, 0.6) is 0 Å². The zero-order valence-electron chi connectivity index (χ0n) is 13.6. The molecule has 0 amide bonds. The molecule has 0 radical (unpaired) electrons. The quantitative estimate of drug-likeness (QED) is 0.353. The van der Waals surface area contributed by atoms with Crippen LogP contribution in [0.15, 0.2) is 29.1 Å². The minimum Gasteiger partial charge on any atom is -0.394 e. The van der Waals surface area contributed by atoms with Gasteiger partial charge in [-0.25, -0.2) is 0 Å². The lowest BCUT2D eigenvalue weighted by atomic mass is 10.0. The van der Waals surface area contributed by atoms with Crippen LogP contribution >= 0.6 is 0 Å². The fraction of sp³-hybridized carbons (Fsp3) is 0.375. The van der Waals surface area contributed by atoms with Gasteiger partial charge in [0.2, 0.25) is 5.56 Å². The van der Waals surface area contributed by atoms with Crippen molar-refractivity contribution in [2.75, 3.05) is 11.9 Å². The van der Waals surface area contributed by atoms with E-state index in [0.29, 0.717) is 6.07 Å². The molecule has 2 aromatic rings. The molecule has 4 atom stereocenters. The van der Waals surface area contributed by atoms with Gasteiger partial charge in [-0.15, -0.1) is 0 Å². The zero-order valence-corrected chi connectivity index (χ0v) is 13.6. The largest absolute Gasteiger partial charge is 0.417 e. The van der Waals surface area contributed by atoms with E-state index in [1.807, 2.05) is 0 Å². The average molecular weight is 390 g/mol. The SMILES string of the molecule is O=C[C@H](Nc1ccc2c(C(F)(F)F)cc(=O)[nH]c2c1)[C@@H](O)[C@H](O)[C@H](O)CO. The molecule has 0 bridgehead atoms. The second-order valence-corrected chi connectivity index (χ2v) is 5.84. The lowest BCUT2D eigenvalue weighted by Gasteiger charge is -2.27. The molecule has 0 saturated heterocycles. The van der Waals surface area contributed by atoms with E-state index in [4.69, 9.17) is 5.11 Å². The summed E-state index contributed by atoms with van der Waals surface area (Å²) < 4.78 is 39.1. The van der Waals surface area contributed by atoms with E-state index in [-0.39, 0.29) is 22.9 Å². The lowest BCUT2D eigenvalue weighted by Crippen LogP contribution is -2.49. The molecule has 0 unspecified atom stereocenters. The number of hydrogen-bond acceptors (Lipinski definition) is 7. The summed E-state index contributed by atoms with van der Waals surface area (Å²) in [5, 5.41) is 39.9. The number of rotatable bonds is 7. The summed E-state index contributed by atoms with van der Waals surface area (Å²) in [7, 11) is 0. The summed E-state index contributed by atoms with van der Waals surface area (Å²) in [6.07, 6.45) is -9.90. The summed E-state index contributed by atoms with van der Waals surface area (Å²) in [4.78, 5) is 24.9. The van der Waals surface area contributed by atoms with Crippen molar-refractivity contribution in [1.82, 2.24) is 4.98 Å². The van der Waals surface area contributed by atoms with Gasteiger partial charge in [0.05, 0.1) is 17.7 Å². The minimum absolute atomic E-state index is 0.0688. The zero-order chi connectivity index (χ0) is 20.4. The Morgan fingerprint density at radius 2 is 1.81 bits per heavy atom. The van der Waals surface area contributed by atoms with Gasteiger partial charge < -0.3 is 35.5 Å². The number of aldehydes is 1. The highest BCUT2D eigenvalue weighted by molar-refractivity contribution is 5.86. The number of anilines is 1. The third-order valence-electron chi connectivity index (χ3n) is 3.93. The Morgan fingerprint density at radius 1 is 1.15 bits per heavy atom. The lowest BCUT2D eigenvalue weighted by molar-refractivity contribution is -0.136. The van der Waals surface area contributed by atoms with Gasteiger partial charge in [-0.05, 0) is 12.1 Å². The van der Waals surface area contributed by atoms with Crippen LogP contribution in [0.3, 0.4) is 0 Å². The van der Waals surface area contributed by atoms with Gasteiger partial charge in [-0.1, -0.05) is 6.07 Å². The Labute approximate surface area is 149 Å². The molecule has 0 spiro atoms. The van der Waals surface area contributed by atoms with Gasteiger partial charge in [-0.3, -0.25) is 4.79 Å². The van der Waals surface area contributed by atoms with E-state index in [2.05, 4.69) is 10.3 Å². The van der Waals surface area contributed by atoms with Crippen LogP contribution in [-0.2, 0) is 11.0 Å². The van der Waals surface area contributed by atoms with Crippen molar-refractivity contribution in [2.24, 2.45) is 0 Å². The number of aromatic nitrogens is 1. The highest BCUT2D eigenvalue weighted by atomic mass is 19.4. The van der Waals surface area contributed by atoms with Crippen molar-refractivity contribution in [3.8, 4) is 0 Å². The number of carbonyl (C=O) groups is 1. The van der Waals surface area contributed by atoms with E-state index in [1.54, 1.807) is 0 Å². The predicted octanol–water partition coefficient (Wildman–Crippen LogP) is -0.399. The third kappa shape index (κ3) is 4.63. The molecule has 0 aliphatic rings. The van der Waals surface area contributed by atoms with Crippen molar-refractivity contribution in [2.45, 2.75) is 30.5 Å². The van der Waals surface area contributed by atoms with E-state index in [1.165, 1.54) is 6.07 Å². The van der Waals surface area contributed by atoms with Crippen LogP contribution in [0, 0.1) is 0 Å². The molecule has 27 heavy (non-hydrogen) atoms. The van der Waals surface area contributed by atoms with Crippen LogP contribution in [0.25, 0.3) is 10.9 Å². The minimum atomic E-state index is -4.74. The molecule has 148 valence electrons. The number of fused-ring (bicyclic) bond motifs is 1. The van der Waals surface area contributed by atoms with Gasteiger partial charge in [0.25, 0.3) is 0 Å². The molecule has 1 aromatic heterocycles. The first-order chi connectivity index (χ1) is 12.6. The van der Waals surface area contributed by atoms with E-state index in [0.717, 1.165) is 12.1 Å². The molecule has 8 nitrogen and oxygen atoms in total. The molecule has 6 N–H and O–H groups in total. The van der Waals surface area contributed by atoms with Gasteiger partial charge in [0, 0.05) is 17.1 Å². The average Bonchev–Trinajstić information content (AvgIpc) is 2.62. The number of carbonyl (C=O) groups excluding carboxylic acids is 1. The highest BCUT2D eigenvalue weighted by Gasteiger charge is 2.34. The number of pyridine rings is 1. The number of aromatic amines is 1. The molecule has 0 aliphatic carbocycles. The Hall–Kier alpha value is -2.47. The summed E-state index contributed by atoms with van der Waals surface area (Å²) in [5.41, 5.74) is -2.18. The van der Waals surface area contributed by atoms with Crippen LogP contribution in [-0.4, -0.2) is 62.7 Å². The van der Waals surface area contributed by atoms with E-state index in [9.17, 15) is 38.1 Å². The first-order valence-electron chi connectivity index (χ1n) is 7.69. The maximum absolute atomic E-state index is 13.0. The Kier molecular flexibility index (Phi) is 6.21. The number of aliphatic hydroxyl groups excluding tert-OH is 4.